The lowest BCUT2D eigenvalue weighted by Gasteiger charge is -2.27. The minimum absolute atomic E-state index is 0.111. The van der Waals surface area contributed by atoms with Crippen molar-refractivity contribution < 1.29 is 0 Å². The normalized spacial score (nSPS) is 22.4. The van der Waals surface area contributed by atoms with Crippen molar-refractivity contribution >= 4 is 5.69 Å². The molecule has 1 aliphatic rings. The van der Waals surface area contributed by atoms with E-state index in [2.05, 4.69) is 49.9 Å². The monoisotopic (exact) mass is 260 g/mol. The highest BCUT2D eigenvalue weighted by Gasteiger charge is 2.21. The SMILES string of the molecule is CC(C)C1CCCN(c2ccccc2[C@H](C)N)CC1. The van der Waals surface area contributed by atoms with Crippen LogP contribution in [0.2, 0.25) is 0 Å². The fourth-order valence-electron chi connectivity index (χ4n) is 3.19. The highest BCUT2D eigenvalue weighted by Crippen LogP contribution is 2.30. The third-order valence-electron chi connectivity index (χ3n) is 4.48. The van der Waals surface area contributed by atoms with Crippen molar-refractivity contribution in [2.24, 2.45) is 17.6 Å². The lowest BCUT2D eigenvalue weighted by molar-refractivity contribution is 0.351. The number of para-hydroxylation sites is 1. The van der Waals surface area contributed by atoms with Gasteiger partial charge in [-0.3, -0.25) is 0 Å². The molecule has 1 fully saturated rings. The van der Waals surface area contributed by atoms with Crippen LogP contribution in [-0.4, -0.2) is 13.1 Å². The van der Waals surface area contributed by atoms with E-state index in [0.29, 0.717) is 0 Å². The van der Waals surface area contributed by atoms with Crippen LogP contribution >= 0.6 is 0 Å². The lowest BCUT2D eigenvalue weighted by Crippen LogP contribution is -2.26. The van der Waals surface area contributed by atoms with Gasteiger partial charge in [0, 0.05) is 24.8 Å². The summed E-state index contributed by atoms with van der Waals surface area (Å²) in [6.07, 6.45) is 3.98. The van der Waals surface area contributed by atoms with Crippen molar-refractivity contribution in [2.75, 3.05) is 18.0 Å². The molecular formula is C17H28N2. The van der Waals surface area contributed by atoms with Crippen molar-refractivity contribution in [1.29, 1.82) is 0 Å². The summed E-state index contributed by atoms with van der Waals surface area (Å²) >= 11 is 0. The molecule has 2 N–H and O–H groups in total. The molecule has 1 unspecified atom stereocenters. The van der Waals surface area contributed by atoms with Crippen molar-refractivity contribution in [3.63, 3.8) is 0 Å². The zero-order valence-electron chi connectivity index (χ0n) is 12.6. The van der Waals surface area contributed by atoms with E-state index in [9.17, 15) is 0 Å². The highest BCUT2D eigenvalue weighted by atomic mass is 15.1. The van der Waals surface area contributed by atoms with E-state index in [-0.39, 0.29) is 6.04 Å². The Morgan fingerprint density at radius 1 is 1.11 bits per heavy atom. The molecule has 1 aromatic carbocycles. The summed E-state index contributed by atoms with van der Waals surface area (Å²) in [6, 6.07) is 8.74. The highest BCUT2D eigenvalue weighted by molar-refractivity contribution is 5.55. The number of rotatable bonds is 3. The summed E-state index contributed by atoms with van der Waals surface area (Å²) in [4.78, 5) is 2.54. The molecule has 2 atom stereocenters. The van der Waals surface area contributed by atoms with Gasteiger partial charge in [0.2, 0.25) is 0 Å². The Balaban J connectivity index is 2.14. The van der Waals surface area contributed by atoms with Crippen molar-refractivity contribution in [2.45, 2.75) is 46.1 Å². The minimum atomic E-state index is 0.111. The van der Waals surface area contributed by atoms with E-state index < -0.39 is 0 Å². The Morgan fingerprint density at radius 2 is 1.84 bits per heavy atom. The number of nitrogens with two attached hydrogens (primary N) is 1. The second kappa shape index (κ2) is 6.42. The average Bonchev–Trinajstić information content (AvgIpc) is 2.64. The first kappa shape index (κ1) is 14.4. The molecule has 0 spiro atoms. The molecule has 1 aliphatic heterocycles. The van der Waals surface area contributed by atoms with Crippen molar-refractivity contribution in [3.05, 3.63) is 29.8 Å². The Morgan fingerprint density at radius 3 is 2.53 bits per heavy atom. The quantitative estimate of drug-likeness (QED) is 0.891. The largest absolute Gasteiger partial charge is 0.371 e. The zero-order valence-corrected chi connectivity index (χ0v) is 12.6. The Labute approximate surface area is 118 Å². The van der Waals surface area contributed by atoms with Gasteiger partial charge < -0.3 is 10.6 Å². The molecule has 106 valence electrons. The van der Waals surface area contributed by atoms with Crippen LogP contribution < -0.4 is 10.6 Å². The topological polar surface area (TPSA) is 29.3 Å². The molecule has 19 heavy (non-hydrogen) atoms. The van der Waals surface area contributed by atoms with E-state index >= 15 is 0 Å². The zero-order chi connectivity index (χ0) is 13.8. The van der Waals surface area contributed by atoms with Crippen LogP contribution in [0.3, 0.4) is 0 Å². The summed E-state index contributed by atoms with van der Waals surface area (Å²) in [5.74, 6) is 1.69. The molecule has 2 heteroatoms. The summed E-state index contributed by atoms with van der Waals surface area (Å²) < 4.78 is 0. The number of hydrogen-bond acceptors (Lipinski definition) is 2. The van der Waals surface area contributed by atoms with E-state index in [1.807, 2.05) is 0 Å². The maximum atomic E-state index is 6.11. The van der Waals surface area contributed by atoms with Crippen LogP contribution in [0.25, 0.3) is 0 Å². The molecule has 0 saturated carbocycles. The summed E-state index contributed by atoms with van der Waals surface area (Å²) in [5, 5.41) is 0. The van der Waals surface area contributed by atoms with Crippen molar-refractivity contribution in [1.82, 2.24) is 0 Å². The third-order valence-corrected chi connectivity index (χ3v) is 4.48. The van der Waals surface area contributed by atoms with Gasteiger partial charge in [-0.05, 0) is 49.7 Å². The Hall–Kier alpha value is -1.02. The molecule has 0 amide bonds. The van der Waals surface area contributed by atoms with Gasteiger partial charge in [0.15, 0.2) is 0 Å². The molecule has 0 aromatic heterocycles. The smallest absolute Gasteiger partial charge is 0.0414 e. The maximum absolute atomic E-state index is 6.11. The second-order valence-electron chi connectivity index (χ2n) is 6.27. The first-order valence-electron chi connectivity index (χ1n) is 7.69. The van der Waals surface area contributed by atoms with Crippen LogP contribution in [0.5, 0.6) is 0 Å². The van der Waals surface area contributed by atoms with Crippen LogP contribution in [0.4, 0.5) is 5.69 Å². The van der Waals surface area contributed by atoms with E-state index in [0.717, 1.165) is 11.8 Å². The molecule has 2 nitrogen and oxygen atoms in total. The van der Waals surface area contributed by atoms with E-state index in [1.54, 1.807) is 0 Å². The molecule has 1 heterocycles. The molecule has 0 aliphatic carbocycles. The Bertz CT molecular complexity index is 398. The van der Waals surface area contributed by atoms with Crippen LogP contribution in [-0.2, 0) is 0 Å². The molecule has 2 rings (SSSR count). The van der Waals surface area contributed by atoms with Crippen molar-refractivity contribution in [3.8, 4) is 0 Å². The van der Waals surface area contributed by atoms with Gasteiger partial charge in [0.1, 0.15) is 0 Å². The first-order valence-corrected chi connectivity index (χ1v) is 7.69. The standard InChI is InChI=1S/C17H28N2/c1-13(2)15-7-6-11-19(12-10-15)17-9-5-4-8-16(17)14(3)18/h4-5,8-9,13-15H,6-7,10-12,18H2,1-3H3/t14-,15?/m0/s1. The van der Waals surface area contributed by atoms with Gasteiger partial charge in [-0.25, -0.2) is 0 Å². The van der Waals surface area contributed by atoms with E-state index in [4.69, 9.17) is 5.73 Å². The van der Waals surface area contributed by atoms with Gasteiger partial charge in [0.25, 0.3) is 0 Å². The summed E-state index contributed by atoms with van der Waals surface area (Å²) in [6.45, 7) is 9.14. The Kier molecular flexibility index (Phi) is 4.87. The number of anilines is 1. The fraction of sp³-hybridized carbons (Fsp3) is 0.647. The average molecular weight is 260 g/mol. The van der Waals surface area contributed by atoms with Gasteiger partial charge in [-0.15, -0.1) is 0 Å². The predicted molar refractivity (Wildman–Crippen MR) is 83.4 cm³/mol. The maximum Gasteiger partial charge on any atom is 0.0414 e. The first-order chi connectivity index (χ1) is 9.09. The van der Waals surface area contributed by atoms with Gasteiger partial charge >= 0.3 is 0 Å². The van der Waals surface area contributed by atoms with E-state index in [1.165, 1.54) is 43.6 Å². The van der Waals surface area contributed by atoms with Gasteiger partial charge in [-0.2, -0.15) is 0 Å². The fourth-order valence-corrected chi connectivity index (χ4v) is 3.19. The molecule has 1 aromatic rings. The van der Waals surface area contributed by atoms with Crippen LogP contribution in [0.1, 0.15) is 51.6 Å². The second-order valence-corrected chi connectivity index (χ2v) is 6.27. The predicted octanol–water partition coefficient (Wildman–Crippen LogP) is 3.97. The number of hydrogen-bond donors (Lipinski definition) is 1. The molecule has 0 bridgehead atoms. The summed E-state index contributed by atoms with van der Waals surface area (Å²) in [7, 11) is 0. The minimum Gasteiger partial charge on any atom is -0.371 e. The number of benzene rings is 1. The number of nitrogens with zero attached hydrogens (tertiary/aromatic N) is 1. The molecule has 0 radical (unpaired) electrons. The molecular weight excluding hydrogens is 232 g/mol. The van der Waals surface area contributed by atoms with Gasteiger partial charge in [-0.1, -0.05) is 32.0 Å². The van der Waals surface area contributed by atoms with Crippen LogP contribution in [0, 0.1) is 11.8 Å². The van der Waals surface area contributed by atoms with Crippen LogP contribution in [0.15, 0.2) is 24.3 Å². The molecule has 1 saturated heterocycles. The van der Waals surface area contributed by atoms with Gasteiger partial charge in [0.05, 0.1) is 0 Å². The summed E-state index contributed by atoms with van der Waals surface area (Å²) in [5.41, 5.74) is 8.74. The lowest BCUT2D eigenvalue weighted by atomic mass is 9.89. The third kappa shape index (κ3) is 3.50.